The van der Waals surface area contributed by atoms with Gasteiger partial charge < -0.3 is 0 Å². The maximum atomic E-state index is 12.3. The Morgan fingerprint density at radius 2 is 1.95 bits per heavy atom. The molecule has 0 aliphatic heterocycles. The van der Waals surface area contributed by atoms with Crippen molar-refractivity contribution < 1.29 is 13.2 Å². The Morgan fingerprint density at radius 1 is 1.36 bits per heavy atom. The van der Waals surface area contributed by atoms with E-state index in [9.17, 15) is 13.2 Å². The van der Waals surface area contributed by atoms with Crippen molar-refractivity contribution in [2.75, 3.05) is 11.9 Å². The number of thiazole rings is 1. The van der Waals surface area contributed by atoms with Gasteiger partial charge in [0.15, 0.2) is 9.34 Å². The lowest BCUT2D eigenvalue weighted by molar-refractivity contribution is -0.117. The van der Waals surface area contributed by atoms with Gasteiger partial charge in [-0.05, 0) is 24.6 Å². The van der Waals surface area contributed by atoms with Crippen LogP contribution in [0.15, 0.2) is 32.9 Å². The highest BCUT2D eigenvalue weighted by Crippen LogP contribution is 2.28. The first kappa shape index (κ1) is 17.1. The minimum atomic E-state index is -3.82. The minimum absolute atomic E-state index is 0.0224. The Hall–Kier alpha value is -1.29. The summed E-state index contributed by atoms with van der Waals surface area (Å²) in [5, 5.41) is 5.43. The number of rotatable bonds is 4. The number of amides is 1. The molecule has 0 aliphatic carbocycles. The summed E-state index contributed by atoms with van der Waals surface area (Å²) in [6.07, 6.45) is 0.202. The lowest BCUT2D eigenvalue weighted by Gasteiger charge is -2.13. The van der Waals surface area contributed by atoms with Crippen LogP contribution >= 0.6 is 27.3 Å². The summed E-state index contributed by atoms with van der Waals surface area (Å²) in [4.78, 5) is 17.7. The Labute approximate surface area is 141 Å². The molecule has 1 aromatic heterocycles. The summed E-state index contributed by atoms with van der Waals surface area (Å²) in [5.41, 5.74) is 1.16. The molecular formula is C13H14BrN3O3S2. The van der Waals surface area contributed by atoms with Gasteiger partial charge in [0.25, 0.3) is 0 Å². The SMILES string of the molecule is Cc1nc(N(C)C(=O)Cc2ccc(Br)cc2)sc1S(N)(=O)=O. The van der Waals surface area contributed by atoms with Gasteiger partial charge in [-0.2, -0.15) is 0 Å². The van der Waals surface area contributed by atoms with Crippen LogP contribution in [0.5, 0.6) is 0 Å². The largest absolute Gasteiger partial charge is 0.291 e. The standard InChI is InChI=1S/C13H14BrN3O3S2/c1-8-12(22(15,19)20)21-13(16-8)17(2)11(18)7-9-3-5-10(14)6-4-9/h3-6H,7H2,1-2H3,(H2,15,19,20). The number of hydrogen-bond acceptors (Lipinski definition) is 5. The van der Waals surface area contributed by atoms with E-state index < -0.39 is 10.0 Å². The Bertz CT molecular complexity index is 800. The van der Waals surface area contributed by atoms with Crippen LogP contribution in [0.1, 0.15) is 11.3 Å². The van der Waals surface area contributed by atoms with E-state index in [0.717, 1.165) is 21.4 Å². The van der Waals surface area contributed by atoms with Gasteiger partial charge in [-0.15, -0.1) is 0 Å². The lowest BCUT2D eigenvalue weighted by atomic mass is 10.1. The molecule has 22 heavy (non-hydrogen) atoms. The Balaban J connectivity index is 2.19. The third-order valence-electron chi connectivity index (χ3n) is 2.93. The molecule has 0 spiro atoms. The molecule has 0 aliphatic rings. The highest BCUT2D eigenvalue weighted by Gasteiger charge is 2.22. The minimum Gasteiger partial charge on any atom is -0.291 e. The Morgan fingerprint density at radius 3 is 2.45 bits per heavy atom. The molecule has 1 aromatic carbocycles. The molecular weight excluding hydrogens is 390 g/mol. The second-order valence-electron chi connectivity index (χ2n) is 4.67. The third kappa shape index (κ3) is 3.92. The van der Waals surface area contributed by atoms with Gasteiger partial charge in [-0.1, -0.05) is 39.4 Å². The summed E-state index contributed by atoms with van der Waals surface area (Å²) >= 11 is 4.22. The molecule has 0 unspecified atom stereocenters. The predicted molar refractivity (Wildman–Crippen MR) is 89.5 cm³/mol. The number of carbonyl (C=O) groups excluding carboxylic acids is 1. The number of likely N-dealkylation sites (N-methyl/N-ethyl adjacent to an activating group) is 1. The first-order valence-electron chi connectivity index (χ1n) is 6.19. The van der Waals surface area contributed by atoms with Gasteiger partial charge in [0.05, 0.1) is 12.1 Å². The highest BCUT2D eigenvalue weighted by atomic mass is 79.9. The zero-order chi connectivity index (χ0) is 16.5. The van der Waals surface area contributed by atoms with Crippen molar-refractivity contribution in [1.29, 1.82) is 0 Å². The van der Waals surface area contributed by atoms with E-state index in [0.29, 0.717) is 10.8 Å². The molecule has 0 saturated heterocycles. The zero-order valence-electron chi connectivity index (χ0n) is 11.9. The van der Waals surface area contributed by atoms with Gasteiger partial charge in [0.2, 0.25) is 15.9 Å². The highest BCUT2D eigenvalue weighted by molar-refractivity contribution is 9.10. The number of nitrogens with zero attached hydrogens (tertiary/aromatic N) is 2. The van der Waals surface area contributed by atoms with Crippen LogP contribution in [0.25, 0.3) is 0 Å². The molecule has 118 valence electrons. The van der Waals surface area contributed by atoms with Gasteiger partial charge in [0.1, 0.15) is 0 Å². The number of benzene rings is 1. The fraction of sp³-hybridized carbons (Fsp3) is 0.231. The van der Waals surface area contributed by atoms with Crippen molar-refractivity contribution in [3.63, 3.8) is 0 Å². The average molecular weight is 404 g/mol. The van der Waals surface area contributed by atoms with Crippen LogP contribution in [0.2, 0.25) is 0 Å². The average Bonchev–Trinajstić information content (AvgIpc) is 2.82. The molecule has 6 nitrogen and oxygen atoms in total. The van der Waals surface area contributed by atoms with Crippen molar-refractivity contribution in [2.24, 2.45) is 5.14 Å². The monoisotopic (exact) mass is 403 g/mol. The first-order valence-corrected chi connectivity index (χ1v) is 9.35. The molecule has 1 amide bonds. The second kappa shape index (κ2) is 6.45. The van der Waals surface area contributed by atoms with E-state index in [-0.39, 0.29) is 16.5 Å². The lowest BCUT2D eigenvalue weighted by Crippen LogP contribution is -2.27. The maximum absolute atomic E-state index is 12.3. The molecule has 2 aromatic rings. The third-order valence-corrected chi connectivity index (χ3v) is 6.25. The molecule has 2 N–H and O–H groups in total. The van der Waals surface area contributed by atoms with Crippen LogP contribution in [-0.2, 0) is 21.2 Å². The van der Waals surface area contributed by atoms with Gasteiger partial charge in [-0.25, -0.2) is 18.5 Å². The van der Waals surface area contributed by atoms with Crippen LogP contribution in [0, 0.1) is 6.92 Å². The zero-order valence-corrected chi connectivity index (χ0v) is 15.1. The van der Waals surface area contributed by atoms with Crippen LogP contribution in [0.3, 0.4) is 0 Å². The van der Waals surface area contributed by atoms with Gasteiger partial charge >= 0.3 is 0 Å². The second-order valence-corrected chi connectivity index (χ2v) is 8.32. The summed E-state index contributed by atoms with van der Waals surface area (Å²) in [6, 6.07) is 7.40. The van der Waals surface area contributed by atoms with Crippen LogP contribution < -0.4 is 10.0 Å². The van der Waals surface area contributed by atoms with E-state index >= 15 is 0 Å². The summed E-state index contributed by atoms with van der Waals surface area (Å²) in [5.74, 6) is -0.183. The van der Waals surface area contributed by atoms with Gasteiger partial charge in [-0.3, -0.25) is 9.69 Å². The maximum Gasteiger partial charge on any atom is 0.249 e. The van der Waals surface area contributed by atoms with Crippen molar-refractivity contribution >= 4 is 48.3 Å². The van der Waals surface area contributed by atoms with Crippen molar-refractivity contribution in [3.05, 3.63) is 40.0 Å². The molecule has 0 fully saturated rings. The molecule has 0 bridgehead atoms. The number of primary sulfonamides is 1. The van der Waals surface area contributed by atoms with Crippen molar-refractivity contribution in [2.45, 2.75) is 17.6 Å². The summed E-state index contributed by atoms with van der Waals surface area (Å²) in [7, 11) is -2.26. The molecule has 9 heteroatoms. The number of sulfonamides is 1. The van der Waals surface area contributed by atoms with Gasteiger partial charge in [0, 0.05) is 11.5 Å². The van der Waals surface area contributed by atoms with E-state index in [1.165, 1.54) is 4.90 Å². The number of aryl methyl sites for hydroxylation is 1. The molecule has 0 saturated carbocycles. The van der Waals surface area contributed by atoms with Crippen LogP contribution in [-0.4, -0.2) is 26.4 Å². The Kier molecular flexibility index (Phi) is 5.00. The van der Waals surface area contributed by atoms with Crippen molar-refractivity contribution in [3.8, 4) is 0 Å². The van der Waals surface area contributed by atoms with E-state index in [1.54, 1.807) is 14.0 Å². The summed E-state index contributed by atoms with van der Waals surface area (Å²) in [6.45, 7) is 1.55. The number of hydrogen-bond donors (Lipinski definition) is 1. The quantitative estimate of drug-likeness (QED) is 0.844. The number of anilines is 1. The summed E-state index contributed by atoms with van der Waals surface area (Å²) < 4.78 is 23.8. The first-order chi connectivity index (χ1) is 10.2. The van der Waals surface area contributed by atoms with E-state index in [1.807, 2.05) is 24.3 Å². The fourth-order valence-electron chi connectivity index (χ4n) is 1.78. The topological polar surface area (TPSA) is 93.4 Å². The van der Waals surface area contributed by atoms with Crippen molar-refractivity contribution in [1.82, 2.24) is 4.98 Å². The van der Waals surface area contributed by atoms with E-state index in [2.05, 4.69) is 20.9 Å². The van der Waals surface area contributed by atoms with Crippen LogP contribution in [0.4, 0.5) is 5.13 Å². The fourth-order valence-corrected chi connectivity index (χ4v) is 3.97. The molecule has 0 atom stereocenters. The molecule has 1 heterocycles. The van der Waals surface area contributed by atoms with E-state index in [4.69, 9.17) is 5.14 Å². The number of aromatic nitrogens is 1. The smallest absolute Gasteiger partial charge is 0.249 e. The predicted octanol–water partition coefficient (Wildman–Crippen LogP) is 2.07. The number of halogens is 1. The molecule has 0 radical (unpaired) electrons. The number of carbonyl (C=O) groups is 1. The normalized spacial score (nSPS) is 11.5. The number of nitrogens with two attached hydrogens (primary N) is 1. The molecule has 2 rings (SSSR count).